The number of hydrogen-bond donors (Lipinski definition) is 0. The molecule has 0 N–H and O–H groups in total. The van der Waals surface area contributed by atoms with Crippen LogP contribution in [0.2, 0.25) is 0 Å². The van der Waals surface area contributed by atoms with Gasteiger partial charge >= 0.3 is 0 Å². The smallest absolute Gasteiger partial charge is 0.258 e. The summed E-state index contributed by atoms with van der Waals surface area (Å²) in [5.74, 6) is -0.995. The number of rotatable bonds is 4. The molecule has 2 aromatic carbocycles. The first-order valence-electron chi connectivity index (χ1n) is 9.21. The van der Waals surface area contributed by atoms with E-state index in [4.69, 9.17) is 4.52 Å². The van der Waals surface area contributed by atoms with E-state index in [1.807, 2.05) is 31.2 Å². The molecule has 1 aliphatic rings. The lowest BCUT2D eigenvalue weighted by molar-refractivity contribution is 0.306. The lowest BCUT2D eigenvalue weighted by atomic mass is 9.97. The fraction of sp³-hybridized carbons (Fsp3) is 0.300. The summed E-state index contributed by atoms with van der Waals surface area (Å²) < 4.78 is 59.1. The molecular weight excluding hydrogens is 400 g/mol. The number of nitrogens with zero attached hydrogens (tertiary/aromatic N) is 3. The van der Waals surface area contributed by atoms with E-state index in [0.717, 1.165) is 23.3 Å². The van der Waals surface area contributed by atoms with Gasteiger partial charge in [-0.1, -0.05) is 23.4 Å². The number of benzene rings is 2. The van der Waals surface area contributed by atoms with Crippen molar-refractivity contribution >= 4 is 10.0 Å². The Morgan fingerprint density at radius 2 is 1.83 bits per heavy atom. The maximum absolute atomic E-state index is 14.0. The predicted molar refractivity (Wildman–Crippen MR) is 102 cm³/mol. The fourth-order valence-corrected chi connectivity index (χ4v) is 5.02. The van der Waals surface area contributed by atoms with Crippen LogP contribution in [0.1, 0.15) is 30.1 Å². The first-order valence-corrected chi connectivity index (χ1v) is 10.6. The van der Waals surface area contributed by atoms with Gasteiger partial charge in [0.2, 0.25) is 10.0 Å². The minimum atomic E-state index is -4.03. The molecule has 0 aliphatic carbocycles. The van der Waals surface area contributed by atoms with Gasteiger partial charge < -0.3 is 4.52 Å². The number of piperidine rings is 1. The number of aromatic nitrogens is 2. The van der Waals surface area contributed by atoms with Gasteiger partial charge in [0.1, 0.15) is 16.5 Å². The van der Waals surface area contributed by atoms with E-state index >= 15 is 0 Å². The molecule has 29 heavy (non-hydrogen) atoms. The lowest BCUT2D eigenvalue weighted by Crippen LogP contribution is -2.38. The molecule has 6 nitrogen and oxygen atoms in total. The molecule has 1 saturated heterocycles. The molecule has 9 heteroatoms. The van der Waals surface area contributed by atoms with Crippen LogP contribution in [0.25, 0.3) is 11.5 Å². The zero-order valence-electron chi connectivity index (χ0n) is 15.7. The number of aryl methyl sites for hydroxylation is 1. The van der Waals surface area contributed by atoms with Crippen LogP contribution in [0.3, 0.4) is 0 Å². The largest absolute Gasteiger partial charge is 0.334 e. The van der Waals surface area contributed by atoms with Crippen molar-refractivity contribution in [3.8, 4) is 11.5 Å². The molecule has 4 rings (SSSR count). The second-order valence-electron chi connectivity index (χ2n) is 7.03. The summed E-state index contributed by atoms with van der Waals surface area (Å²) in [6.45, 7) is 2.34. The molecule has 3 aromatic rings. The molecule has 0 saturated carbocycles. The summed E-state index contributed by atoms with van der Waals surface area (Å²) in [6.07, 6.45) is 0.962. The Morgan fingerprint density at radius 1 is 1.10 bits per heavy atom. The van der Waals surface area contributed by atoms with Gasteiger partial charge in [-0.3, -0.25) is 0 Å². The van der Waals surface area contributed by atoms with Gasteiger partial charge in [0.25, 0.3) is 5.89 Å². The van der Waals surface area contributed by atoms with Gasteiger partial charge in [-0.25, -0.2) is 17.2 Å². The molecule has 0 amide bonds. The molecule has 1 aromatic heterocycles. The average molecular weight is 419 g/mol. The highest BCUT2D eigenvalue weighted by molar-refractivity contribution is 7.89. The molecule has 0 spiro atoms. The van der Waals surface area contributed by atoms with Crippen LogP contribution < -0.4 is 0 Å². The SMILES string of the molecule is Cc1ccccc1-c1nc(C2CCN(S(=O)(=O)c3ccc(F)cc3F)CC2)no1. The molecule has 0 radical (unpaired) electrons. The zero-order valence-corrected chi connectivity index (χ0v) is 16.5. The quantitative estimate of drug-likeness (QED) is 0.641. The first kappa shape index (κ1) is 19.7. The van der Waals surface area contributed by atoms with Crippen molar-refractivity contribution in [2.75, 3.05) is 13.1 Å². The Morgan fingerprint density at radius 3 is 2.52 bits per heavy atom. The van der Waals surface area contributed by atoms with Gasteiger partial charge in [-0.15, -0.1) is 0 Å². The van der Waals surface area contributed by atoms with E-state index < -0.39 is 26.6 Å². The van der Waals surface area contributed by atoms with Crippen LogP contribution in [-0.2, 0) is 10.0 Å². The van der Waals surface area contributed by atoms with Crippen molar-refractivity contribution in [3.63, 3.8) is 0 Å². The summed E-state index contributed by atoms with van der Waals surface area (Å²) in [5.41, 5.74) is 1.88. The Labute approximate surface area is 167 Å². The van der Waals surface area contributed by atoms with Crippen LogP contribution in [-0.4, -0.2) is 36.0 Å². The molecule has 1 aliphatic heterocycles. The van der Waals surface area contributed by atoms with E-state index in [1.54, 1.807) is 0 Å². The summed E-state index contributed by atoms with van der Waals surface area (Å²) in [7, 11) is -4.03. The fourth-order valence-electron chi connectivity index (χ4n) is 3.50. The van der Waals surface area contributed by atoms with Crippen molar-refractivity contribution in [2.24, 2.45) is 0 Å². The minimum Gasteiger partial charge on any atom is -0.334 e. The van der Waals surface area contributed by atoms with Crippen molar-refractivity contribution in [1.29, 1.82) is 0 Å². The number of hydrogen-bond acceptors (Lipinski definition) is 5. The van der Waals surface area contributed by atoms with Crippen molar-refractivity contribution in [2.45, 2.75) is 30.6 Å². The lowest BCUT2D eigenvalue weighted by Gasteiger charge is -2.29. The van der Waals surface area contributed by atoms with E-state index in [9.17, 15) is 17.2 Å². The van der Waals surface area contributed by atoms with Crippen LogP contribution in [0.5, 0.6) is 0 Å². The molecule has 0 unspecified atom stereocenters. The summed E-state index contributed by atoms with van der Waals surface area (Å²) in [6, 6.07) is 10.2. The highest BCUT2D eigenvalue weighted by atomic mass is 32.2. The molecule has 1 fully saturated rings. The Bertz CT molecular complexity index is 1140. The third-order valence-corrected chi connectivity index (χ3v) is 7.08. The van der Waals surface area contributed by atoms with Crippen molar-refractivity contribution in [3.05, 3.63) is 65.5 Å². The molecule has 0 atom stereocenters. The predicted octanol–water partition coefficient (Wildman–Crippen LogP) is 3.89. The summed E-state index contributed by atoms with van der Waals surface area (Å²) in [5, 5.41) is 4.07. The minimum absolute atomic E-state index is 0.0546. The summed E-state index contributed by atoms with van der Waals surface area (Å²) in [4.78, 5) is 3.97. The second-order valence-corrected chi connectivity index (χ2v) is 8.93. The maximum Gasteiger partial charge on any atom is 0.258 e. The second kappa shape index (κ2) is 7.64. The van der Waals surface area contributed by atoms with Crippen molar-refractivity contribution in [1.82, 2.24) is 14.4 Å². The van der Waals surface area contributed by atoms with Crippen LogP contribution in [0.4, 0.5) is 8.78 Å². The van der Waals surface area contributed by atoms with Gasteiger partial charge in [0.05, 0.1) is 0 Å². The van der Waals surface area contributed by atoms with Gasteiger partial charge in [-0.05, 0) is 43.5 Å². The van der Waals surface area contributed by atoms with Crippen LogP contribution >= 0.6 is 0 Å². The maximum atomic E-state index is 14.0. The van der Waals surface area contributed by atoms with Crippen LogP contribution in [0, 0.1) is 18.6 Å². The molecule has 2 heterocycles. The third-order valence-electron chi connectivity index (χ3n) is 5.15. The van der Waals surface area contributed by atoms with E-state index in [1.165, 1.54) is 4.31 Å². The monoisotopic (exact) mass is 419 g/mol. The standard InChI is InChI=1S/C20H19F2N3O3S/c1-13-4-2-3-5-16(13)20-23-19(24-28-20)14-8-10-25(11-9-14)29(26,27)18-7-6-15(21)12-17(18)22/h2-7,12,14H,8-11H2,1H3. The zero-order chi connectivity index (χ0) is 20.6. The molecule has 152 valence electrons. The topological polar surface area (TPSA) is 76.3 Å². The van der Waals surface area contributed by atoms with E-state index in [0.29, 0.717) is 30.6 Å². The summed E-state index contributed by atoms with van der Waals surface area (Å²) >= 11 is 0. The Balaban J connectivity index is 1.48. The van der Waals surface area contributed by atoms with E-state index in [2.05, 4.69) is 10.1 Å². The van der Waals surface area contributed by atoms with Gasteiger partial charge in [0.15, 0.2) is 5.82 Å². The van der Waals surface area contributed by atoms with Crippen molar-refractivity contribution < 1.29 is 21.7 Å². The molecule has 0 bridgehead atoms. The van der Waals surface area contributed by atoms with Gasteiger partial charge in [-0.2, -0.15) is 9.29 Å². The highest BCUT2D eigenvalue weighted by Gasteiger charge is 2.33. The average Bonchev–Trinajstić information content (AvgIpc) is 3.18. The Kier molecular flexibility index (Phi) is 5.18. The normalized spacial score (nSPS) is 16.2. The first-order chi connectivity index (χ1) is 13.9. The van der Waals surface area contributed by atoms with Gasteiger partial charge in [0, 0.05) is 30.6 Å². The molecular formula is C20H19F2N3O3S. The highest BCUT2D eigenvalue weighted by Crippen LogP contribution is 2.31. The van der Waals surface area contributed by atoms with Crippen LogP contribution in [0.15, 0.2) is 51.9 Å². The number of halogens is 2. The van der Waals surface area contributed by atoms with E-state index in [-0.39, 0.29) is 19.0 Å². The third kappa shape index (κ3) is 3.79. The Hall–Kier alpha value is -2.65. The number of sulfonamides is 1.